The van der Waals surface area contributed by atoms with Crippen LogP contribution in [0.3, 0.4) is 0 Å². The van der Waals surface area contributed by atoms with Crippen LogP contribution >= 0.6 is 11.3 Å². The fourth-order valence-corrected chi connectivity index (χ4v) is 2.28. The van der Waals surface area contributed by atoms with Crippen molar-refractivity contribution in [1.82, 2.24) is 0 Å². The zero-order valence-corrected chi connectivity index (χ0v) is 11.4. The van der Waals surface area contributed by atoms with Crippen molar-refractivity contribution in [2.75, 3.05) is 19.0 Å². The van der Waals surface area contributed by atoms with Crippen LogP contribution in [0, 0.1) is 0 Å². The van der Waals surface area contributed by atoms with E-state index in [1.165, 1.54) is 5.56 Å². The summed E-state index contributed by atoms with van der Waals surface area (Å²) in [6.07, 6.45) is 0. The van der Waals surface area contributed by atoms with Crippen LogP contribution in [0.25, 0.3) is 0 Å². The predicted molar refractivity (Wildman–Crippen MR) is 75.8 cm³/mol. The number of hydrogen-bond donors (Lipinski definition) is 1. The highest BCUT2D eigenvalue weighted by atomic mass is 32.1. The third kappa shape index (κ3) is 3.17. The largest absolute Gasteiger partial charge is 0.493 e. The first-order valence-electron chi connectivity index (χ1n) is 5.89. The number of nitrogens with one attached hydrogen (secondary N) is 1. The number of hydrogen-bond acceptors (Lipinski definition) is 4. The Labute approximate surface area is 111 Å². The van der Waals surface area contributed by atoms with Gasteiger partial charge in [-0.15, -0.1) is 0 Å². The summed E-state index contributed by atoms with van der Waals surface area (Å²) in [5.41, 5.74) is 2.31. The Hall–Kier alpha value is -1.68. The second kappa shape index (κ2) is 6.31. The van der Waals surface area contributed by atoms with E-state index in [0.29, 0.717) is 6.61 Å². The summed E-state index contributed by atoms with van der Waals surface area (Å²) in [7, 11) is 1.66. The van der Waals surface area contributed by atoms with Gasteiger partial charge < -0.3 is 14.8 Å². The van der Waals surface area contributed by atoms with Crippen molar-refractivity contribution in [3.8, 4) is 11.5 Å². The molecule has 3 nitrogen and oxygen atoms in total. The molecule has 0 aliphatic carbocycles. The lowest BCUT2D eigenvalue weighted by molar-refractivity contribution is 0.310. The second-order valence-corrected chi connectivity index (χ2v) is 4.56. The lowest BCUT2D eigenvalue weighted by Gasteiger charge is -2.11. The molecule has 0 saturated carbocycles. The summed E-state index contributed by atoms with van der Waals surface area (Å²) >= 11 is 1.68. The molecule has 0 saturated heterocycles. The van der Waals surface area contributed by atoms with E-state index >= 15 is 0 Å². The first kappa shape index (κ1) is 12.8. The molecule has 1 aromatic heterocycles. The average molecular weight is 263 g/mol. The third-order valence-electron chi connectivity index (χ3n) is 2.55. The van der Waals surface area contributed by atoms with Crippen LogP contribution in [0.2, 0.25) is 0 Å². The van der Waals surface area contributed by atoms with Gasteiger partial charge in [0.05, 0.1) is 13.7 Å². The van der Waals surface area contributed by atoms with Gasteiger partial charge in [-0.2, -0.15) is 11.3 Å². The smallest absolute Gasteiger partial charge is 0.161 e. The van der Waals surface area contributed by atoms with E-state index in [-0.39, 0.29) is 0 Å². The monoisotopic (exact) mass is 263 g/mol. The molecule has 1 aromatic carbocycles. The van der Waals surface area contributed by atoms with Gasteiger partial charge in [-0.25, -0.2) is 0 Å². The molecule has 0 bridgehead atoms. The highest BCUT2D eigenvalue weighted by Crippen LogP contribution is 2.28. The summed E-state index contributed by atoms with van der Waals surface area (Å²) in [5, 5.41) is 7.50. The number of ether oxygens (including phenoxy) is 2. The summed E-state index contributed by atoms with van der Waals surface area (Å²) < 4.78 is 10.8. The molecule has 4 heteroatoms. The molecule has 0 unspecified atom stereocenters. The molecule has 0 radical (unpaired) electrons. The van der Waals surface area contributed by atoms with Crippen molar-refractivity contribution < 1.29 is 9.47 Å². The zero-order chi connectivity index (χ0) is 12.8. The third-order valence-corrected chi connectivity index (χ3v) is 3.23. The molecule has 18 heavy (non-hydrogen) atoms. The Morgan fingerprint density at radius 1 is 1.22 bits per heavy atom. The van der Waals surface area contributed by atoms with E-state index in [1.807, 2.05) is 25.1 Å². The van der Waals surface area contributed by atoms with E-state index in [1.54, 1.807) is 18.4 Å². The van der Waals surface area contributed by atoms with Crippen LogP contribution in [-0.2, 0) is 6.54 Å². The predicted octanol–water partition coefficient (Wildman–Crippen LogP) is 3.77. The first-order chi connectivity index (χ1) is 8.83. The van der Waals surface area contributed by atoms with Crippen molar-refractivity contribution >= 4 is 17.0 Å². The molecule has 2 rings (SSSR count). The van der Waals surface area contributed by atoms with Gasteiger partial charge in [-0.05, 0) is 36.1 Å². The molecule has 0 aliphatic rings. The summed E-state index contributed by atoms with van der Waals surface area (Å²) in [4.78, 5) is 0. The number of methoxy groups -OCH3 is 1. The van der Waals surface area contributed by atoms with E-state index in [0.717, 1.165) is 23.7 Å². The van der Waals surface area contributed by atoms with Gasteiger partial charge in [-0.3, -0.25) is 0 Å². The lowest BCUT2D eigenvalue weighted by atomic mass is 10.2. The minimum Gasteiger partial charge on any atom is -0.493 e. The molecular formula is C14H17NO2S. The van der Waals surface area contributed by atoms with Crippen molar-refractivity contribution in [3.05, 3.63) is 40.6 Å². The van der Waals surface area contributed by atoms with Gasteiger partial charge in [0.1, 0.15) is 0 Å². The lowest BCUT2D eigenvalue weighted by Crippen LogP contribution is -2.00. The Kier molecular flexibility index (Phi) is 4.47. The fourth-order valence-electron chi connectivity index (χ4n) is 1.67. The standard InChI is InChI=1S/C14H17NO2S/c1-3-17-13-5-4-11(8-14(13)16-2)9-15-12-6-7-18-10-12/h4-8,10,15H,3,9H2,1-2H3. The van der Waals surface area contributed by atoms with Crippen molar-refractivity contribution in [2.24, 2.45) is 0 Å². The molecular weight excluding hydrogens is 246 g/mol. The maximum atomic E-state index is 5.49. The average Bonchev–Trinajstić information content (AvgIpc) is 2.91. The van der Waals surface area contributed by atoms with Gasteiger partial charge >= 0.3 is 0 Å². The fraction of sp³-hybridized carbons (Fsp3) is 0.286. The maximum Gasteiger partial charge on any atom is 0.161 e. The van der Waals surface area contributed by atoms with Crippen molar-refractivity contribution in [2.45, 2.75) is 13.5 Å². The highest BCUT2D eigenvalue weighted by molar-refractivity contribution is 7.08. The maximum absolute atomic E-state index is 5.49. The van der Waals surface area contributed by atoms with Gasteiger partial charge in [0.2, 0.25) is 0 Å². The molecule has 0 spiro atoms. The Bertz CT molecular complexity index is 483. The molecule has 0 fully saturated rings. The van der Waals surface area contributed by atoms with Crippen LogP contribution in [0.5, 0.6) is 11.5 Å². The van der Waals surface area contributed by atoms with Crippen LogP contribution < -0.4 is 14.8 Å². The molecule has 0 atom stereocenters. The zero-order valence-electron chi connectivity index (χ0n) is 10.6. The van der Waals surface area contributed by atoms with E-state index < -0.39 is 0 Å². The van der Waals surface area contributed by atoms with Crippen LogP contribution in [-0.4, -0.2) is 13.7 Å². The van der Waals surface area contributed by atoms with Crippen LogP contribution in [0.1, 0.15) is 12.5 Å². The molecule has 2 aromatic rings. The van der Waals surface area contributed by atoms with Crippen molar-refractivity contribution in [1.29, 1.82) is 0 Å². The van der Waals surface area contributed by atoms with Gasteiger partial charge in [0, 0.05) is 17.6 Å². The normalized spacial score (nSPS) is 10.1. The van der Waals surface area contributed by atoms with Crippen LogP contribution in [0.15, 0.2) is 35.0 Å². The number of thiophene rings is 1. The number of benzene rings is 1. The molecule has 0 amide bonds. The summed E-state index contributed by atoms with van der Waals surface area (Å²) in [6, 6.07) is 8.07. The van der Waals surface area contributed by atoms with Gasteiger partial charge in [0.15, 0.2) is 11.5 Å². The minimum atomic E-state index is 0.642. The topological polar surface area (TPSA) is 30.5 Å². The second-order valence-electron chi connectivity index (χ2n) is 3.78. The highest BCUT2D eigenvalue weighted by Gasteiger charge is 2.05. The van der Waals surface area contributed by atoms with Crippen molar-refractivity contribution in [3.63, 3.8) is 0 Å². The van der Waals surface area contributed by atoms with E-state index in [9.17, 15) is 0 Å². The van der Waals surface area contributed by atoms with E-state index in [2.05, 4.69) is 22.1 Å². The number of anilines is 1. The summed E-state index contributed by atoms with van der Waals surface area (Å²) in [6.45, 7) is 3.38. The Morgan fingerprint density at radius 3 is 2.78 bits per heavy atom. The van der Waals surface area contributed by atoms with E-state index in [4.69, 9.17) is 9.47 Å². The molecule has 96 valence electrons. The van der Waals surface area contributed by atoms with Gasteiger partial charge in [-0.1, -0.05) is 6.07 Å². The quantitative estimate of drug-likeness (QED) is 0.860. The first-order valence-corrected chi connectivity index (χ1v) is 6.83. The Balaban J connectivity index is 2.05. The Morgan fingerprint density at radius 2 is 2.11 bits per heavy atom. The minimum absolute atomic E-state index is 0.642. The number of rotatable bonds is 6. The molecule has 1 N–H and O–H groups in total. The molecule has 1 heterocycles. The SMILES string of the molecule is CCOc1ccc(CNc2ccsc2)cc1OC. The summed E-state index contributed by atoms with van der Waals surface area (Å²) in [5.74, 6) is 1.57. The molecule has 0 aliphatic heterocycles. The van der Waals surface area contributed by atoms with Gasteiger partial charge in [0.25, 0.3) is 0 Å². The van der Waals surface area contributed by atoms with Crippen LogP contribution in [0.4, 0.5) is 5.69 Å².